The SMILES string of the molecule is COc1cc(Nc2ccc(Cl)cc2C(N)=S)ccc1Cl. The second kappa shape index (κ2) is 6.31. The molecule has 0 unspecified atom stereocenters. The number of thiocarbonyl (C=S) groups is 1. The maximum absolute atomic E-state index is 5.99. The molecule has 3 N–H and O–H groups in total. The van der Waals surface area contributed by atoms with Crippen molar-refractivity contribution in [2.75, 3.05) is 12.4 Å². The van der Waals surface area contributed by atoms with Crippen LogP contribution in [0.1, 0.15) is 5.56 Å². The van der Waals surface area contributed by atoms with Crippen LogP contribution in [-0.4, -0.2) is 12.1 Å². The lowest BCUT2D eigenvalue weighted by Crippen LogP contribution is -2.11. The summed E-state index contributed by atoms with van der Waals surface area (Å²) in [7, 11) is 1.56. The van der Waals surface area contributed by atoms with Crippen LogP contribution in [-0.2, 0) is 0 Å². The number of nitrogens with one attached hydrogen (secondary N) is 1. The van der Waals surface area contributed by atoms with E-state index in [9.17, 15) is 0 Å². The van der Waals surface area contributed by atoms with Gasteiger partial charge in [0.05, 0.1) is 12.1 Å². The van der Waals surface area contributed by atoms with E-state index in [0.29, 0.717) is 21.4 Å². The molecular formula is C14H12Cl2N2OS. The Bertz CT molecular complexity index is 662. The Morgan fingerprint density at radius 3 is 2.60 bits per heavy atom. The van der Waals surface area contributed by atoms with Gasteiger partial charge in [-0.1, -0.05) is 35.4 Å². The summed E-state index contributed by atoms with van der Waals surface area (Å²) < 4.78 is 5.18. The summed E-state index contributed by atoms with van der Waals surface area (Å²) in [6, 6.07) is 10.7. The van der Waals surface area contributed by atoms with Crippen molar-refractivity contribution < 1.29 is 4.74 Å². The van der Waals surface area contributed by atoms with E-state index >= 15 is 0 Å². The van der Waals surface area contributed by atoms with Crippen molar-refractivity contribution in [2.24, 2.45) is 5.73 Å². The molecule has 0 aromatic heterocycles. The highest BCUT2D eigenvalue weighted by atomic mass is 35.5. The summed E-state index contributed by atoms with van der Waals surface area (Å²) >= 11 is 17.0. The molecule has 0 bridgehead atoms. The quantitative estimate of drug-likeness (QED) is 0.818. The number of nitrogens with two attached hydrogens (primary N) is 1. The first kappa shape index (κ1) is 14.9. The monoisotopic (exact) mass is 326 g/mol. The minimum Gasteiger partial charge on any atom is -0.495 e. The summed E-state index contributed by atoms with van der Waals surface area (Å²) in [5.74, 6) is 0.586. The first-order valence-corrected chi connectivity index (χ1v) is 6.87. The standard InChI is InChI=1S/C14H12Cl2N2OS/c1-19-13-7-9(3-4-11(13)16)18-12-5-2-8(15)6-10(12)14(17)20/h2-7,18H,1H3,(H2,17,20). The topological polar surface area (TPSA) is 47.3 Å². The number of rotatable bonds is 4. The molecule has 3 nitrogen and oxygen atoms in total. The Kier molecular flexibility index (Phi) is 4.70. The highest BCUT2D eigenvalue weighted by molar-refractivity contribution is 7.80. The molecular weight excluding hydrogens is 315 g/mol. The molecule has 0 fully saturated rings. The van der Waals surface area contributed by atoms with Crippen LogP contribution in [0.3, 0.4) is 0 Å². The van der Waals surface area contributed by atoms with Gasteiger partial charge in [0, 0.05) is 28.0 Å². The predicted molar refractivity (Wildman–Crippen MR) is 88.6 cm³/mol. The third kappa shape index (κ3) is 3.33. The normalized spacial score (nSPS) is 10.2. The number of benzene rings is 2. The van der Waals surface area contributed by atoms with E-state index in [1.807, 2.05) is 12.1 Å². The second-order valence-electron chi connectivity index (χ2n) is 4.03. The third-order valence-electron chi connectivity index (χ3n) is 2.68. The minimum absolute atomic E-state index is 0.274. The number of hydrogen-bond donors (Lipinski definition) is 2. The van der Waals surface area contributed by atoms with E-state index in [2.05, 4.69) is 5.32 Å². The van der Waals surface area contributed by atoms with E-state index in [4.69, 9.17) is 45.9 Å². The lowest BCUT2D eigenvalue weighted by Gasteiger charge is -2.13. The van der Waals surface area contributed by atoms with Gasteiger partial charge in [0.25, 0.3) is 0 Å². The molecule has 0 radical (unpaired) electrons. The van der Waals surface area contributed by atoms with Gasteiger partial charge in [-0.15, -0.1) is 0 Å². The van der Waals surface area contributed by atoms with Crippen molar-refractivity contribution in [2.45, 2.75) is 0 Å². The van der Waals surface area contributed by atoms with Crippen LogP contribution in [0.15, 0.2) is 36.4 Å². The molecule has 2 aromatic carbocycles. The smallest absolute Gasteiger partial charge is 0.139 e. The first-order valence-electron chi connectivity index (χ1n) is 5.71. The Hall–Kier alpha value is -1.49. The summed E-state index contributed by atoms with van der Waals surface area (Å²) in [4.78, 5) is 0.274. The lowest BCUT2D eigenvalue weighted by molar-refractivity contribution is 0.415. The molecule has 2 aromatic rings. The van der Waals surface area contributed by atoms with Crippen molar-refractivity contribution in [3.8, 4) is 5.75 Å². The van der Waals surface area contributed by atoms with Crippen LogP contribution in [0.25, 0.3) is 0 Å². The number of hydrogen-bond acceptors (Lipinski definition) is 3. The number of methoxy groups -OCH3 is 1. The third-order valence-corrected chi connectivity index (χ3v) is 3.44. The van der Waals surface area contributed by atoms with Crippen molar-refractivity contribution in [1.29, 1.82) is 0 Å². The van der Waals surface area contributed by atoms with Gasteiger partial charge in [-0.3, -0.25) is 0 Å². The first-order chi connectivity index (χ1) is 9.51. The van der Waals surface area contributed by atoms with E-state index in [1.165, 1.54) is 0 Å². The van der Waals surface area contributed by atoms with Gasteiger partial charge in [-0.2, -0.15) is 0 Å². The van der Waals surface area contributed by atoms with Crippen molar-refractivity contribution in [1.82, 2.24) is 0 Å². The van der Waals surface area contributed by atoms with E-state index in [0.717, 1.165) is 11.4 Å². The van der Waals surface area contributed by atoms with Crippen LogP contribution in [0.4, 0.5) is 11.4 Å². The van der Waals surface area contributed by atoms with Crippen molar-refractivity contribution in [3.63, 3.8) is 0 Å². The zero-order valence-corrected chi connectivity index (χ0v) is 12.9. The van der Waals surface area contributed by atoms with Gasteiger partial charge in [0.1, 0.15) is 10.7 Å². The Morgan fingerprint density at radius 1 is 1.20 bits per heavy atom. The molecule has 0 aliphatic carbocycles. The van der Waals surface area contributed by atoms with Gasteiger partial charge >= 0.3 is 0 Å². The second-order valence-corrected chi connectivity index (χ2v) is 5.31. The maximum atomic E-state index is 5.99. The average Bonchev–Trinajstić information content (AvgIpc) is 2.42. The molecule has 104 valence electrons. The fourth-order valence-corrected chi connectivity index (χ4v) is 2.26. The summed E-state index contributed by atoms with van der Waals surface area (Å²) in [5.41, 5.74) is 7.97. The van der Waals surface area contributed by atoms with Crippen molar-refractivity contribution >= 4 is 51.8 Å². The van der Waals surface area contributed by atoms with Crippen LogP contribution < -0.4 is 15.8 Å². The van der Waals surface area contributed by atoms with E-state index in [1.54, 1.807) is 31.4 Å². The molecule has 20 heavy (non-hydrogen) atoms. The van der Waals surface area contributed by atoms with Gasteiger partial charge in [-0.25, -0.2) is 0 Å². The number of halogens is 2. The van der Waals surface area contributed by atoms with Crippen LogP contribution >= 0.6 is 35.4 Å². The average molecular weight is 327 g/mol. The van der Waals surface area contributed by atoms with Crippen molar-refractivity contribution in [3.05, 3.63) is 52.0 Å². The molecule has 6 heteroatoms. The number of anilines is 2. The highest BCUT2D eigenvalue weighted by Gasteiger charge is 2.08. The predicted octanol–water partition coefficient (Wildman–Crippen LogP) is 4.38. The van der Waals surface area contributed by atoms with Crippen LogP contribution in [0.5, 0.6) is 5.75 Å². The van der Waals surface area contributed by atoms with Gasteiger partial charge in [0.2, 0.25) is 0 Å². The molecule has 0 atom stereocenters. The van der Waals surface area contributed by atoms with Gasteiger partial charge in [0.15, 0.2) is 0 Å². The minimum atomic E-state index is 0.274. The number of ether oxygens (including phenoxy) is 1. The largest absolute Gasteiger partial charge is 0.495 e. The Balaban J connectivity index is 2.37. The van der Waals surface area contributed by atoms with E-state index < -0.39 is 0 Å². The molecule has 0 aliphatic heterocycles. The molecule has 0 saturated carbocycles. The lowest BCUT2D eigenvalue weighted by atomic mass is 10.1. The zero-order chi connectivity index (χ0) is 14.7. The van der Waals surface area contributed by atoms with Gasteiger partial charge in [-0.05, 0) is 30.3 Å². The van der Waals surface area contributed by atoms with E-state index in [-0.39, 0.29) is 4.99 Å². The Morgan fingerprint density at radius 2 is 1.95 bits per heavy atom. The molecule has 2 rings (SSSR count). The summed E-state index contributed by atoms with van der Waals surface area (Å²) in [5, 5.41) is 4.34. The van der Waals surface area contributed by atoms with Crippen LogP contribution in [0, 0.1) is 0 Å². The molecule has 0 spiro atoms. The highest BCUT2D eigenvalue weighted by Crippen LogP contribution is 2.30. The molecule has 0 saturated heterocycles. The fraction of sp³-hybridized carbons (Fsp3) is 0.0714. The fourth-order valence-electron chi connectivity index (χ4n) is 1.72. The summed E-state index contributed by atoms with van der Waals surface area (Å²) in [6.45, 7) is 0. The zero-order valence-electron chi connectivity index (χ0n) is 10.6. The van der Waals surface area contributed by atoms with Gasteiger partial charge < -0.3 is 15.8 Å². The molecule has 0 heterocycles. The molecule has 0 aliphatic rings. The molecule has 0 amide bonds. The Labute approximate surface area is 132 Å². The maximum Gasteiger partial charge on any atom is 0.139 e. The van der Waals surface area contributed by atoms with Crippen LogP contribution in [0.2, 0.25) is 10.0 Å². The summed E-state index contributed by atoms with van der Waals surface area (Å²) in [6.07, 6.45) is 0.